The van der Waals surface area contributed by atoms with Crippen LogP contribution < -0.4 is 0 Å². The molecule has 2 rings (SSSR count). The molecule has 106 valence electrons. The van der Waals surface area contributed by atoms with Crippen molar-refractivity contribution in [2.24, 2.45) is 0 Å². The van der Waals surface area contributed by atoms with Crippen molar-refractivity contribution in [2.75, 3.05) is 7.05 Å². The summed E-state index contributed by atoms with van der Waals surface area (Å²) >= 11 is 0. The average molecular weight is 286 g/mol. The molecule has 0 unspecified atom stereocenters. The predicted molar refractivity (Wildman–Crippen MR) is 69.7 cm³/mol. The van der Waals surface area contributed by atoms with Crippen molar-refractivity contribution in [3.05, 3.63) is 18.0 Å². The second-order valence-electron chi connectivity index (χ2n) is 4.76. The van der Waals surface area contributed by atoms with E-state index in [-0.39, 0.29) is 16.6 Å². The Labute approximate surface area is 112 Å². The van der Waals surface area contributed by atoms with Crippen LogP contribution in [-0.4, -0.2) is 41.5 Å². The quantitative estimate of drug-likeness (QED) is 0.886. The Balaban J connectivity index is 2.37. The van der Waals surface area contributed by atoms with Crippen molar-refractivity contribution in [2.45, 2.75) is 43.7 Å². The minimum atomic E-state index is -3.60. The first-order valence-corrected chi connectivity index (χ1v) is 7.73. The zero-order chi connectivity index (χ0) is 14.2. The third-order valence-electron chi connectivity index (χ3n) is 3.70. The lowest BCUT2D eigenvalue weighted by atomic mass is 9.94. The summed E-state index contributed by atoms with van der Waals surface area (Å²) in [6.07, 6.45) is 4.18. The van der Waals surface area contributed by atoms with Gasteiger partial charge in [0.25, 0.3) is 0 Å². The highest BCUT2D eigenvalue weighted by atomic mass is 32.2. The van der Waals surface area contributed by atoms with Gasteiger partial charge in [-0.05, 0) is 25.8 Å². The smallest absolute Gasteiger partial charge is 0.352 e. The third-order valence-corrected chi connectivity index (χ3v) is 5.57. The lowest BCUT2D eigenvalue weighted by Gasteiger charge is -2.33. The molecule has 1 aromatic heterocycles. The van der Waals surface area contributed by atoms with Crippen molar-refractivity contribution in [3.63, 3.8) is 0 Å². The van der Waals surface area contributed by atoms with Gasteiger partial charge in [-0.15, -0.1) is 0 Å². The second-order valence-corrected chi connectivity index (χ2v) is 6.76. The zero-order valence-corrected chi connectivity index (χ0v) is 11.9. The number of rotatable bonds is 5. The molecule has 1 fully saturated rings. The van der Waals surface area contributed by atoms with E-state index in [1.54, 1.807) is 14.0 Å². The Bertz CT molecular complexity index is 587. The first-order valence-electron chi connectivity index (χ1n) is 6.29. The van der Waals surface area contributed by atoms with Crippen LogP contribution in [0.1, 0.15) is 36.7 Å². The van der Waals surface area contributed by atoms with Gasteiger partial charge in [0.1, 0.15) is 10.6 Å². The van der Waals surface area contributed by atoms with E-state index in [1.165, 1.54) is 21.1 Å². The topological polar surface area (TPSA) is 79.6 Å². The molecule has 0 atom stereocenters. The van der Waals surface area contributed by atoms with Gasteiger partial charge in [-0.1, -0.05) is 6.42 Å². The Morgan fingerprint density at radius 1 is 1.53 bits per heavy atom. The van der Waals surface area contributed by atoms with Crippen LogP contribution in [0.5, 0.6) is 0 Å². The summed E-state index contributed by atoms with van der Waals surface area (Å²) in [7, 11) is -2.04. The van der Waals surface area contributed by atoms with Crippen LogP contribution in [0.4, 0.5) is 0 Å². The van der Waals surface area contributed by atoms with Crippen LogP contribution in [0, 0.1) is 0 Å². The highest BCUT2D eigenvalue weighted by Gasteiger charge is 2.33. The molecule has 0 radical (unpaired) electrons. The number of hydrogen-bond donors (Lipinski definition) is 1. The number of sulfonamides is 1. The summed E-state index contributed by atoms with van der Waals surface area (Å²) in [5.41, 5.74) is 0.00286. The van der Waals surface area contributed by atoms with E-state index in [9.17, 15) is 13.2 Å². The summed E-state index contributed by atoms with van der Waals surface area (Å²) in [4.78, 5) is 11.1. The number of carboxylic acid groups (broad SMARTS) is 1. The molecule has 1 aromatic rings. The van der Waals surface area contributed by atoms with Crippen molar-refractivity contribution in [3.8, 4) is 0 Å². The Kier molecular flexibility index (Phi) is 3.69. The van der Waals surface area contributed by atoms with Crippen LogP contribution in [-0.2, 0) is 16.6 Å². The standard InChI is InChI=1S/C12H18N2O4S/c1-3-14-8-10(7-11(14)12(15)16)19(17,18)13(2)9-5-4-6-9/h7-9H,3-6H2,1-2H3,(H,15,16). The summed E-state index contributed by atoms with van der Waals surface area (Å²) in [5.74, 6) is -1.12. The summed E-state index contributed by atoms with van der Waals surface area (Å²) in [5, 5.41) is 9.05. The van der Waals surface area contributed by atoms with Crippen molar-refractivity contribution < 1.29 is 18.3 Å². The second kappa shape index (κ2) is 4.97. The maximum atomic E-state index is 12.4. The highest BCUT2D eigenvalue weighted by Crippen LogP contribution is 2.29. The van der Waals surface area contributed by atoms with Gasteiger partial charge in [0.2, 0.25) is 10.0 Å². The van der Waals surface area contributed by atoms with E-state index in [1.807, 2.05) is 0 Å². The SMILES string of the molecule is CCn1cc(S(=O)(=O)N(C)C2CCC2)cc1C(=O)O. The van der Waals surface area contributed by atoms with E-state index in [0.717, 1.165) is 19.3 Å². The van der Waals surface area contributed by atoms with Crippen LogP contribution in [0.15, 0.2) is 17.2 Å². The van der Waals surface area contributed by atoms with Crippen LogP contribution >= 0.6 is 0 Å². The van der Waals surface area contributed by atoms with E-state index in [0.29, 0.717) is 6.54 Å². The van der Waals surface area contributed by atoms with Crippen molar-refractivity contribution >= 4 is 16.0 Å². The molecule has 1 N–H and O–H groups in total. The number of nitrogens with zero attached hydrogens (tertiary/aromatic N) is 2. The molecular formula is C12H18N2O4S. The number of aryl methyl sites for hydroxylation is 1. The number of hydrogen-bond acceptors (Lipinski definition) is 3. The van der Waals surface area contributed by atoms with Gasteiger partial charge in [-0.25, -0.2) is 13.2 Å². The molecule has 0 aliphatic heterocycles. The third kappa shape index (κ3) is 2.40. The molecule has 0 spiro atoms. The van der Waals surface area contributed by atoms with E-state index < -0.39 is 16.0 Å². The molecule has 0 bridgehead atoms. The van der Waals surface area contributed by atoms with Crippen LogP contribution in [0.25, 0.3) is 0 Å². The fourth-order valence-electron chi connectivity index (χ4n) is 2.18. The summed E-state index contributed by atoms with van der Waals surface area (Å²) in [6.45, 7) is 2.20. The Morgan fingerprint density at radius 3 is 2.53 bits per heavy atom. The van der Waals surface area contributed by atoms with Gasteiger partial charge in [-0.3, -0.25) is 0 Å². The molecule has 6 nitrogen and oxygen atoms in total. The largest absolute Gasteiger partial charge is 0.477 e. The average Bonchev–Trinajstić information content (AvgIpc) is 2.71. The number of carbonyl (C=O) groups is 1. The van der Waals surface area contributed by atoms with E-state index in [2.05, 4.69) is 0 Å². The first-order chi connectivity index (χ1) is 8.87. The van der Waals surface area contributed by atoms with Gasteiger partial charge < -0.3 is 9.67 Å². The molecule has 7 heteroatoms. The van der Waals surface area contributed by atoms with Gasteiger partial charge in [0, 0.05) is 25.8 Å². The molecule has 0 amide bonds. The fourth-order valence-corrected chi connectivity index (χ4v) is 3.64. The Morgan fingerprint density at radius 2 is 2.16 bits per heavy atom. The molecule has 1 aliphatic rings. The highest BCUT2D eigenvalue weighted by molar-refractivity contribution is 7.89. The monoisotopic (exact) mass is 286 g/mol. The maximum Gasteiger partial charge on any atom is 0.352 e. The minimum absolute atomic E-state index is 0.00286. The molecule has 0 aromatic carbocycles. The lowest BCUT2D eigenvalue weighted by molar-refractivity contribution is 0.0685. The number of carboxylic acids is 1. The van der Waals surface area contributed by atoms with Gasteiger partial charge in [-0.2, -0.15) is 4.31 Å². The van der Waals surface area contributed by atoms with Crippen molar-refractivity contribution in [1.82, 2.24) is 8.87 Å². The molecular weight excluding hydrogens is 268 g/mol. The normalized spacial score (nSPS) is 16.6. The molecule has 1 aliphatic carbocycles. The van der Waals surface area contributed by atoms with Gasteiger partial charge in [0.15, 0.2) is 0 Å². The zero-order valence-electron chi connectivity index (χ0n) is 11.0. The van der Waals surface area contributed by atoms with E-state index in [4.69, 9.17) is 5.11 Å². The molecule has 1 heterocycles. The number of aromatic carboxylic acids is 1. The fraction of sp³-hybridized carbons (Fsp3) is 0.583. The summed E-state index contributed by atoms with van der Waals surface area (Å²) < 4.78 is 27.6. The minimum Gasteiger partial charge on any atom is -0.477 e. The lowest BCUT2D eigenvalue weighted by Crippen LogP contribution is -2.41. The Hall–Kier alpha value is -1.34. The molecule has 0 saturated heterocycles. The van der Waals surface area contributed by atoms with E-state index >= 15 is 0 Å². The number of aromatic nitrogens is 1. The van der Waals surface area contributed by atoms with Gasteiger partial charge >= 0.3 is 5.97 Å². The first kappa shape index (κ1) is 14.1. The van der Waals surface area contributed by atoms with Crippen LogP contribution in [0.3, 0.4) is 0 Å². The van der Waals surface area contributed by atoms with Gasteiger partial charge in [0.05, 0.1) is 0 Å². The summed E-state index contributed by atoms with van der Waals surface area (Å²) in [6, 6.07) is 1.28. The predicted octanol–water partition coefficient (Wildman–Crippen LogP) is 1.38. The molecule has 19 heavy (non-hydrogen) atoms. The van der Waals surface area contributed by atoms with Crippen molar-refractivity contribution in [1.29, 1.82) is 0 Å². The molecule has 1 saturated carbocycles. The maximum absolute atomic E-state index is 12.4. The van der Waals surface area contributed by atoms with Crippen LogP contribution in [0.2, 0.25) is 0 Å².